The topological polar surface area (TPSA) is 94.5 Å². The molecule has 1 amide bonds. The molecular formula is C20H28N4O3. The van der Waals surface area contributed by atoms with Gasteiger partial charge in [0.15, 0.2) is 5.82 Å². The number of piperidine rings is 1. The van der Waals surface area contributed by atoms with Crippen LogP contribution in [-0.2, 0) is 6.42 Å². The minimum absolute atomic E-state index is 0.406. The van der Waals surface area contributed by atoms with Crippen molar-refractivity contribution in [1.82, 2.24) is 10.1 Å². The van der Waals surface area contributed by atoms with E-state index in [1.54, 1.807) is 12.1 Å². The highest BCUT2D eigenvalue weighted by atomic mass is 16.5. The molecule has 1 aromatic carbocycles. The van der Waals surface area contributed by atoms with Gasteiger partial charge in [0.25, 0.3) is 0 Å². The molecule has 1 fully saturated rings. The maximum atomic E-state index is 11.3. The Morgan fingerprint density at radius 3 is 2.78 bits per heavy atom. The van der Waals surface area contributed by atoms with Crippen molar-refractivity contribution in [3.05, 3.63) is 35.2 Å². The van der Waals surface area contributed by atoms with Crippen molar-refractivity contribution in [3.8, 4) is 5.75 Å². The van der Waals surface area contributed by atoms with Crippen LogP contribution in [0.1, 0.15) is 54.4 Å². The molecule has 0 radical (unpaired) electrons. The molecule has 2 N–H and O–H groups in total. The smallest absolute Gasteiger partial charge is 0.324 e. The number of rotatable bonds is 8. The molecule has 0 saturated carbocycles. The van der Waals surface area contributed by atoms with Gasteiger partial charge in [-0.3, -0.25) is 4.79 Å². The van der Waals surface area contributed by atoms with Crippen LogP contribution in [0.4, 0.5) is 6.01 Å². The Morgan fingerprint density at radius 1 is 1.37 bits per heavy atom. The number of carbonyl (C=O) groups is 1. The molecule has 1 aliphatic rings. The van der Waals surface area contributed by atoms with Gasteiger partial charge in [-0.15, -0.1) is 0 Å². The number of primary amides is 1. The van der Waals surface area contributed by atoms with Crippen molar-refractivity contribution in [2.24, 2.45) is 11.7 Å². The predicted octanol–water partition coefficient (Wildman–Crippen LogP) is 3.11. The van der Waals surface area contributed by atoms with Gasteiger partial charge in [0.2, 0.25) is 5.91 Å². The van der Waals surface area contributed by atoms with Crippen molar-refractivity contribution in [2.45, 2.75) is 46.0 Å². The van der Waals surface area contributed by atoms with E-state index in [4.69, 9.17) is 15.0 Å². The summed E-state index contributed by atoms with van der Waals surface area (Å²) in [4.78, 5) is 17.9. The van der Waals surface area contributed by atoms with Crippen LogP contribution < -0.4 is 15.4 Å². The van der Waals surface area contributed by atoms with Crippen LogP contribution in [0.25, 0.3) is 0 Å². The van der Waals surface area contributed by atoms with E-state index in [1.165, 1.54) is 0 Å². The van der Waals surface area contributed by atoms with E-state index >= 15 is 0 Å². The zero-order valence-corrected chi connectivity index (χ0v) is 16.1. The Kier molecular flexibility index (Phi) is 6.32. The Morgan fingerprint density at radius 2 is 2.15 bits per heavy atom. The van der Waals surface area contributed by atoms with Gasteiger partial charge < -0.3 is 19.9 Å². The fourth-order valence-electron chi connectivity index (χ4n) is 3.49. The van der Waals surface area contributed by atoms with E-state index in [9.17, 15) is 4.79 Å². The van der Waals surface area contributed by atoms with Crippen LogP contribution in [0, 0.1) is 12.8 Å². The van der Waals surface area contributed by atoms with Crippen LogP contribution in [0.5, 0.6) is 5.75 Å². The van der Waals surface area contributed by atoms with Crippen molar-refractivity contribution in [3.63, 3.8) is 0 Å². The second-order valence-corrected chi connectivity index (χ2v) is 7.11. The molecule has 0 aliphatic carbocycles. The number of benzene rings is 1. The number of nitrogens with two attached hydrogens (primary N) is 1. The normalized spacial score (nSPS) is 15.1. The summed E-state index contributed by atoms with van der Waals surface area (Å²) in [6.45, 7) is 6.50. The van der Waals surface area contributed by atoms with Crippen molar-refractivity contribution < 1.29 is 14.1 Å². The van der Waals surface area contributed by atoms with Gasteiger partial charge >= 0.3 is 6.01 Å². The first-order valence-electron chi connectivity index (χ1n) is 9.67. The number of hydrogen-bond acceptors (Lipinski definition) is 6. The maximum Gasteiger partial charge on any atom is 0.324 e. The monoisotopic (exact) mass is 372 g/mol. The van der Waals surface area contributed by atoms with E-state index in [0.717, 1.165) is 62.3 Å². The highest BCUT2D eigenvalue weighted by Gasteiger charge is 2.22. The summed E-state index contributed by atoms with van der Waals surface area (Å²) < 4.78 is 11.1. The largest absolute Gasteiger partial charge is 0.494 e. The molecule has 0 atom stereocenters. The molecule has 0 unspecified atom stereocenters. The SMILES string of the molecule is CCc1noc(N2CCC(CCCOc3ccc(C(N)=O)c(C)c3)CC2)n1. The molecule has 7 nitrogen and oxygen atoms in total. The van der Waals surface area contributed by atoms with Crippen LogP contribution in [0.3, 0.4) is 0 Å². The number of amides is 1. The quantitative estimate of drug-likeness (QED) is 0.716. The lowest BCUT2D eigenvalue weighted by atomic mass is 9.92. The summed E-state index contributed by atoms with van der Waals surface area (Å²) in [5.41, 5.74) is 6.72. The minimum atomic E-state index is -0.406. The first kappa shape index (κ1) is 19.2. The van der Waals surface area contributed by atoms with E-state index in [-0.39, 0.29) is 0 Å². The molecule has 3 rings (SSSR count). The average Bonchev–Trinajstić information content (AvgIpc) is 3.15. The molecule has 1 saturated heterocycles. The Bertz CT molecular complexity index is 766. The van der Waals surface area contributed by atoms with E-state index in [1.807, 2.05) is 19.9 Å². The molecule has 2 aromatic rings. The number of aromatic nitrogens is 2. The van der Waals surface area contributed by atoms with E-state index in [2.05, 4.69) is 15.0 Å². The Labute approximate surface area is 159 Å². The predicted molar refractivity (Wildman–Crippen MR) is 103 cm³/mol. The maximum absolute atomic E-state index is 11.3. The fourth-order valence-corrected chi connectivity index (χ4v) is 3.49. The molecule has 146 valence electrons. The van der Waals surface area contributed by atoms with Gasteiger partial charge in [-0.2, -0.15) is 4.98 Å². The third-order valence-corrected chi connectivity index (χ3v) is 5.15. The number of nitrogens with zero attached hydrogens (tertiary/aromatic N) is 3. The third kappa shape index (κ3) is 4.99. The molecule has 0 bridgehead atoms. The zero-order valence-electron chi connectivity index (χ0n) is 16.1. The molecular weight excluding hydrogens is 344 g/mol. The minimum Gasteiger partial charge on any atom is -0.494 e. The number of anilines is 1. The zero-order chi connectivity index (χ0) is 19.2. The molecule has 0 spiro atoms. The summed E-state index contributed by atoms with van der Waals surface area (Å²) in [5, 5.41) is 3.97. The van der Waals surface area contributed by atoms with Gasteiger partial charge in [0.05, 0.1) is 6.61 Å². The molecule has 1 aliphatic heterocycles. The average molecular weight is 372 g/mol. The molecule has 27 heavy (non-hydrogen) atoms. The van der Waals surface area contributed by atoms with E-state index < -0.39 is 5.91 Å². The van der Waals surface area contributed by atoms with Gasteiger partial charge in [0.1, 0.15) is 5.75 Å². The van der Waals surface area contributed by atoms with Crippen molar-refractivity contribution in [2.75, 3.05) is 24.6 Å². The van der Waals surface area contributed by atoms with Gasteiger partial charge in [-0.25, -0.2) is 0 Å². The van der Waals surface area contributed by atoms with Crippen LogP contribution in [0.15, 0.2) is 22.7 Å². The number of carbonyl (C=O) groups excluding carboxylic acids is 1. The summed E-state index contributed by atoms with van der Waals surface area (Å²) in [6, 6.07) is 6.06. The lowest BCUT2D eigenvalue weighted by Crippen LogP contribution is -2.34. The van der Waals surface area contributed by atoms with Gasteiger partial charge in [0, 0.05) is 25.1 Å². The fraction of sp³-hybridized carbons (Fsp3) is 0.550. The highest BCUT2D eigenvalue weighted by molar-refractivity contribution is 5.94. The second kappa shape index (κ2) is 8.88. The number of aryl methyl sites for hydroxylation is 2. The lowest BCUT2D eigenvalue weighted by Gasteiger charge is -2.30. The highest BCUT2D eigenvalue weighted by Crippen LogP contribution is 2.25. The Balaban J connectivity index is 1.37. The molecule has 1 aromatic heterocycles. The standard InChI is InChI=1S/C20H28N4O3/c1-3-18-22-20(27-23-18)24-10-8-15(9-11-24)5-4-12-26-16-6-7-17(19(21)25)14(2)13-16/h6-7,13,15H,3-5,8-12H2,1-2H3,(H2,21,25). The first-order valence-corrected chi connectivity index (χ1v) is 9.67. The summed E-state index contributed by atoms with van der Waals surface area (Å²) in [6.07, 6.45) is 5.23. The summed E-state index contributed by atoms with van der Waals surface area (Å²) >= 11 is 0. The van der Waals surface area contributed by atoms with Gasteiger partial charge in [-0.05, 0) is 62.3 Å². The van der Waals surface area contributed by atoms with Gasteiger partial charge in [-0.1, -0.05) is 12.1 Å². The Hall–Kier alpha value is -2.57. The molecule has 2 heterocycles. The number of hydrogen-bond donors (Lipinski definition) is 1. The summed E-state index contributed by atoms with van der Waals surface area (Å²) in [7, 11) is 0. The summed E-state index contributed by atoms with van der Waals surface area (Å²) in [5.74, 6) is 1.85. The molecule has 7 heteroatoms. The van der Waals surface area contributed by atoms with Crippen LogP contribution in [-0.4, -0.2) is 35.7 Å². The van der Waals surface area contributed by atoms with Crippen LogP contribution >= 0.6 is 0 Å². The second-order valence-electron chi connectivity index (χ2n) is 7.11. The van der Waals surface area contributed by atoms with Crippen molar-refractivity contribution in [1.29, 1.82) is 0 Å². The first-order chi connectivity index (χ1) is 13.1. The van der Waals surface area contributed by atoms with Crippen molar-refractivity contribution >= 4 is 11.9 Å². The van der Waals surface area contributed by atoms with Crippen LogP contribution in [0.2, 0.25) is 0 Å². The van der Waals surface area contributed by atoms with E-state index in [0.29, 0.717) is 24.1 Å². The third-order valence-electron chi connectivity index (χ3n) is 5.15. The number of ether oxygens (including phenoxy) is 1. The lowest BCUT2D eigenvalue weighted by molar-refractivity contribution is 0.0999.